The summed E-state index contributed by atoms with van der Waals surface area (Å²) in [6, 6.07) is 15.1. The fourth-order valence-electron chi connectivity index (χ4n) is 2.05. The summed E-state index contributed by atoms with van der Waals surface area (Å²) < 4.78 is 25.0. The highest BCUT2D eigenvalue weighted by atomic mass is 79.9. The second-order valence-corrected chi connectivity index (χ2v) is 8.66. The molecule has 2 rings (SSSR count). The van der Waals surface area contributed by atoms with Crippen LogP contribution in [0.4, 0.5) is 0 Å². The SMILES string of the molecule is Cc1ccc(/C=C/S(=O)(=O)CCC(=O)NCc2ccc(Br)cc2)cc1. The first-order chi connectivity index (χ1) is 11.8. The van der Waals surface area contributed by atoms with Crippen molar-refractivity contribution in [1.82, 2.24) is 5.32 Å². The van der Waals surface area contributed by atoms with Gasteiger partial charge in [0.1, 0.15) is 0 Å². The molecule has 0 fully saturated rings. The van der Waals surface area contributed by atoms with Crippen molar-refractivity contribution in [2.24, 2.45) is 0 Å². The molecule has 2 aromatic rings. The molecule has 25 heavy (non-hydrogen) atoms. The average molecular weight is 422 g/mol. The summed E-state index contributed by atoms with van der Waals surface area (Å²) in [6.45, 7) is 2.35. The number of carbonyl (C=O) groups is 1. The van der Waals surface area contributed by atoms with Gasteiger partial charge in [-0.3, -0.25) is 4.79 Å². The second kappa shape index (κ2) is 8.97. The van der Waals surface area contributed by atoms with Crippen molar-refractivity contribution in [3.63, 3.8) is 0 Å². The molecule has 0 spiro atoms. The first-order valence-corrected chi connectivity index (χ1v) is 10.3. The van der Waals surface area contributed by atoms with Gasteiger partial charge < -0.3 is 5.32 Å². The normalized spacial score (nSPS) is 11.6. The smallest absolute Gasteiger partial charge is 0.221 e. The van der Waals surface area contributed by atoms with Crippen LogP contribution >= 0.6 is 15.9 Å². The largest absolute Gasteiger partial charge is 0.352 e. The van der Waals surface area contributed by atoms with Crippen LogP contribution in [0.3, 0.4) is 0 Å². The summed E-state index contributed by atoms with van der Waals surface area (Å²) in [5, 5.41) is 3.89. The zero-order chi connectivity index (χ0) is 18.3. The number of sulfone groups is 1. The molecule has 0 aromatic heterocycles. The van der Waals surface area contributed by atoms with Crippen LogP contribution in [-0.2, 0) is 21.2 Å². The summed E-state index contributed by atoms with van der Waals surface area (Å²) in [7, 11) is -3.42. The van der Waals surface area contributed by atoms with E-state index in [9.17, 15) is 13.2 Å². The molecule has 0 saturated heterocycles. The fraction of sp³-hybridized carbons (Fsp3) is 0.211. The standard InChI is InChI=1S/C19H20BrNO3S/c1-15-2-4-16(5-3-15)10-12-25(23,24)13-11-19(22)21-14-17-6-8-18(20)9-7-17/h2-10,12H,11,13-14H2,1H3,(H,21,22)/b12-10+. The van der Waals surface area contributed by atoms with Crippen LogP contribution in [0, 0.1) is 6.92 Å². The fourth-order valence-corrected chi connectivity index (χ4v) is 3.29. The molecule has 0 aliphatic rings. The van der Waals surface area contributed by atoms with Gasteiger partial charge in [0.15, 0.2) is 9.84 Å². The van der Waals surface area contributed by atoms with Crippen LogP contribution in [0.2, 0.25) is 0 Å². The Kier molecular flexibility index (Phi) is 6.96. The van der Waals surface area contributed by atoms with Gasteiger partial charge in [-0.1, -0.05) is 57.9 Å². The molecule has 0 saturated carbocycles. The maximum absolute atomic E-state index is 12.0. The molecule has 1 N–H and O–H groups in total. The Balaban J connectivity index is 1.81. The number of rotatable bonds is 7. The first kappa shape index (κ1) is 19.4. The third kappa shape index (κ3) is 7.23. The Morgan fingerprint density at radius 3 is 2.36 bits per heavy atom. The van der Waals surface area contributed by atoms with Gasteiger partial charge in [-0.2, -0.15) is 0 Å². The predicted octanol–water partition coefficient (Wildman–Crippen LogP) is 3.85. The second-order valence-electron chi connectivity index (χ2n) is 5.73. The van der Waals surface area contributed by atoms with Crippen molar-refractivity contribution in [2.45, 2.75) is 19.9 Å². The van der Waals surface area contributed by atoms with E-state index in [0.717, 1.165) is 21.2 Å². The number of amides is 1. The van der Waals surface area contributed by atoms with Crippen LogP contribution in [-0.4, -0.2) is 20.1 Å². The highest BCUT2D eigenvalue weighted by Gasteiger charge is 2.10. The molecule has 0 unspecified atom stereocenters. The van der Waals surface area contributed by atoms with Gasteiger partial charge in [-0.15, -0.1) is 0 Å². The molecular formula is C19H20BrNO3S. The Morgan fingerprint density at radius 2 is 1.72 bits per heavy atom. The summed E-state index contributed by atoms with van der Waals surface area (Å²) in [4.78, 5) is 11.8. The van der Waals surface area contributed by atoms with Gasteiger partial charge in [0, 0.05) is 22.8 Å². The lowest BCUT2D eigenvalue weighted by Crippen LogP contribution is -2.24. The molecule has 0 aliphatic heterocycles. The number of nitrogens with one attached hydrogen (secondary N) is 1. The summed E-state index contributed by atoms with van der Waals surface area (Å²) in [6.07, 6.45) is 1.49. The molecule has 0 aliphatic carbocycles. The Hall–Kier alpha value is -1.92. The third-order valence-corrected chi connectivity index (χ3v) is 5.41. The van der Waals surface area contributed by atoms with Gasteiger partial charge in [-0.25, -0.2) is 8.42 Å². The van der Waals surface area contributed by atoms with Gasteiger partial charge in [0.05, 0.1) is 5.75 Å². The summed E-state index contributed by atoms with van der Waals surface area (Å²) >= 11 is 3.35. The van der Waals surface area contributed by atoms with Crippen molar-refractivity contribution in [3.8, 4) is 0 Å². The topological polar surface area (TPSA) is 63.2 Å². The third-order valence-electron chi connectivity index (χ3n) is 3.56. The number of aryl methyl sites for hydroxylation is 1. The molecule has 6 heteroatoms. The van der Waals surface area contributed by atoms with Gasteiger partial charge >= 0.3 is 0 Å². The number of hydrogen-bond donors (Lipinski definition) is 1. The van der Waals surface area contributed by atoms with Gasteiger partial charge in [-0.05, 0) is 36.3 Å². The van der Waals surface area contributed by atoms with Crippen molar-refractivity contribution >= 4 is 37.8 Å². The van der Waals surface area contributed by atoms with Crippen molar-refractivity contribution in [3.05, 3.63) is 75.1 Å². The molecule has 1 amide bonds. The minimum absolute atomic E-state index is 0.0584. The molecule has 0 bridgehead atoms. The highest BCUT2D eigenvalue weighted by molar-refractivity contribution is 9.10. The molecule has 4 nitrogen and oxygen atoms in total. The maximum Gasteiger partial charge on any atom is 0.221 e. The van der Waals surface area contributed by atoms with Crippen LogP contribution < -0.4 is 5.32 Å². The lowest BCUT2D eigenvalue weighted by molar-refractivity contribution is -0.120. The predicted molar refractivity (Wildman–Crippen MR) is 105 cm³/mol. The lowest BCUT2D eigenvalue weighted by atomic mass is 10.2. The van der Waals surface area contributed by atoms with Crippen LogP contribution in [0.25, 0.3) is 6.08 Å². The molecule has 0 atom stereocenters. The number of benzene rings is 2. The Morgan fingerprint density at radius 1 is 1.08 bits per heavy atom. The molecule has 0 radical (unpaired) electrons. The van der Waals surface area contributed by atoms with Crippen molar-refractivity contribution in [1.29, 1.82) is 0 Å². The van der Waals surface area contributed by atoms with Crippen molar-refractivity contribution < 1.29 is 13.2 Å². The van der Waals surface area contributed by atoms with E-state index in [-0.39, 0.29) is 18.1 Å². The maximum atomic E-state index is 12.0. The lowest BCUT2D eigenvalue weighted by Gasteiger charge is -2.05. The summed E-state index contributed by atoms with van der Waals surface area (Å²) in [5.41, 5.74) is 2.88. The van der Waals surface area contributed by atoms with E-state index in [2.05, 4.69) is 21.2 Å². The number of hydrogen-bond acceptors (Lipinski definition) is 3. The summed E-state index contributed by atoms with van der Waals surface area (Å²) in [5.74, 6) is -0.489. The molecule has 2 aromatic carbocycles. The van der Waals surface area contributed by atoms with Crippen LogP contribution in [0.15, 0.2) is 58.4 Å². The van der Waals surface area contributed by atoms with Crippen LogP contribution in [0.5, 0.6) is 0 Å². The van der Waals surface area contributed by atoms with Gasteiger partial charge in [0.2, 0.25) is 5.91 Å². The van der Waals surface area contributed by atoms with Gasteiger partial charge in [0.25, 0.3) is 0 Å². The monoisotopic (exact) mass is 421 g/mol. The van der Waals surface area contributed by atoms with Crippen molar-refractivity contribution in [2.75, 3.05) is 5.75 Å². The van der Waals surface area contributed by atoms with E-state index in [1.54, 1.807) is 6.08 Å². The average Bonchev–Trinajstić information content (AvgIpc) is 2.59. The molecule has 132 valence electrons. The zero-order valence-corrected chi connectivity index (χ0v) is 16.3. The Labute approximate surface area is 157 Å². The zero-order valence-electron chi connectivity index (χ0n) is 13.9. The quantitative estimate of drug-likeness (QED) is 0.738. The molecule has 0 heterocycles. The minimum atomic E-state index is -3.42. The highest BCUT2D eigenvalue weighted by Crippen LogP contribution is 2.10. The number of halogens is 1. The van der Waals surface area contributed by atoms with E-state index >= 15 is 0 Å². The minimum Gasteiger partial charge on any atom is -0.352 e. The van der Waals surface area contributed by atoms with E-state index in [1.807, 2.05) is 55.5 Å². The Bertz CT molecular complexity index is 841. The van der Waals surface area contributed by atoms with Crippen LogP contribution in [0.1, 0.15) is 23.1 Å². The van der Waals surface area contributed by atoms with E-state index in [0.29, 0.717) is 6.54 Å². The van der Waals surface area contributed by atoms with E-state index < -0.39 is 9.84 Å². The molecular weight excluding hydrogens is 402 g/mol. The van der Waals surface area contributed by atoms with E-state index in [4.69, 9.17) is 0 Å². The first-order valence-electron chi connectivity index (χ1n) is 7.83. The van der Waals surface area contributed by atoms with E-state index in [1.165, 1.54) is 5.41 Å². The number of carbonyl (C=O) groups excluding carboxylic acids is 1.